The Kier molecular flexibility index (Phi) is 7.31. The Morgan fingerprint density at radius 3 is 2.02 bits per heavy atom. The summed E-state index contributed by atoms with van der Waals surface area (Å²) in [4.78, 5) is 9.96. The van der Waals surface area contributed by atoms with Gasteiger partial charge in [-0.2, -0.15) is 0 Å². The predicted molar refractivity (Wildman–Crippen MR) is 186 cm³/mol. The van der Waals surface area contributed by atoms with Gasteiger partial charge in [-0.25, -0.2) is 9.98 Å². The van der Waals surface area contributed by atoms with Gasteiger partial charge in [0.15, 0.2) is 5.84 Å². The normalized spacial score (nSPS) is 14.7. The summed E-state index contributed by atoms with van der Waals surface area (Å²) in [7, 11) is 0. The number of rotatable bonds is 6. The van der Waals surface area contributed by atoms with Crippen molar-refractivity contribution in [3.8, 4) is 22.3 Å². The number of nitrogens with two attached hydrogens (primary N) is 1. The van der Waals surface area contributed by atoms with Crippen molar-refractivity contribution in [1.29, 1.82) is 0 Å². The molecule has 6 aromatic carbocycles. The third-order valence-corrected chi connectivity index (χ3v) is 8.02. The number of nitrogens with zero attached hydrogens (tertiary/aromatic N) is 2. The largest absolute Gasteiger partial charge is 0.398 e. The van der Waals surface area contributed by atoms with Crippen LogP contribution in [0.2, 0.25) is 0 Å². The lowest BCUT2D eigenvalue weighted by atomic mass is 9.96. The van der Waals surface area contributed by atoms with Gasteiger partial charge < -0.3 is 11.1 Å². The SMILES string of the molecule is C/C=C\c1cccc(-c2ccc(-c3ccc4ccc(C5=NC(c6ccccc6)=NC(c6ccccc6)N5)cc4c3)cc2)c1N. The van der Waals surface area contributed by atoms with Crippen LogP contribution in [0.5, 0.6) is 0 Å². The van der Waals surface area contributed by atoms with E-state index >= 15 is 0 Å². The van der Waals surface area contributed by atoms with Crippen LogP contribution in [0.3, 0.4) is 0 Å². The fourth-order valence-corrected chi connectivity index (χ4v) is 5.69. The average Bonchev–Trinajstić information content (AvgIpc) is 3.09. The summed E-state index contributed by atoms with van der Waals surface area (Å²) >= 11 is 0. The number of amidine groups is 2. The molecular weight excluding hydrogens is 536 g/mol. The van der Waals surface area contributed by atoms with Crippen LogP contribution in [0.1, 0.15) is 35.3 Å². The summed E-state index contributed by atoms with van der Waals surface area (Å²) < 4.78 is 0. The Labute approximate surface area is 258 Å². The minimum absolute atomic E-state index is 0.229. The van der Waals surface area contributed by atoms with Crippen LogP contribution >= 0.6 is 0 Å². The molecule has 44 heavy (non-hydrogen) atoms. The van der Waals surface area contributed by atoms with E-state index in [2.05, 4.69) is 102 Å². The maximum atomic E-state index is 6.50. The predicted octanol–water partition coefficient (Wildman–Crippen LogP) is 9.28. The summed E-state index contributed by atoms with van der Waals surface area (Å²) in [5, 5.41) is 5.91. The second kappa shape index (κ2) is 11.9. The summed E-state index contributed by atoms with van der Waals surface area (Å²) in [6.45, 7) is 2.00. The lowest BCUT2D eigenvalue weighted by molar-refractivity contribution is 0.674. The van der Waals surface area contributed by atoms with Crippen molar-refractivity contribution < 1.29 is 0 Å². The molecule has 0 bridgehead atoms. The number of benzene rings is 6. The van der Waals surface area contributed by atoms with E-state index in [0.29, 0.717) is 0 Å². The number of nitrogen functional groups attached to an aromatic ring is 1. The van der Waals surface area contributed by atoms with Gasteiger partial charge in [0.05, 0.1) is 0 Å². The average molecular weight is 569 g/mol. The quantitative estimate of drug-likeness (QED) is 0.197. The second-order valence-electron chi connectivity index (χ2n) is 10.9. The zero-order valence-electron chi connectivity index (χ0n) is 24.5. The topological polar surface area (TPSA) is 62.8 Å². The van der Waals surface area contributed by atoms with Gasteiger partial charge in [0.1, 0.15) is 12.0 Å². The van der Waals surface area contributed by atoms with E-state index in [9.17, 15) is 0 Å². The molecule has 0 spiro atoms. The molecule has 1 heterocycles. The Balaban J connectivity index is 1.22. The summed E-state index contributed by atoms with van der Waals surface area (Å²) in [6, 6.07) is 48.4. The molecule has 1 aliphatic rings. The lowest BCUT2D eigenvalue weighted by Crippen LogP contribution is -2.33. The zero-order valence-corrected chi connectivity index (χ0v) is 24.5. The van der Waals surface area contributed by atoms with Crippen LogP contribution in [0.15, 0.2) is 156 Å². The van der Waals surface area contributed by atoms with Crippen molar-refractivity contribution in [2.75, 3.05) is 5.73 Å². The first kappa shape index (κ1) is 27.1. The Hall–Kier alpha value is -5.74. The Bertz CT molecular complexity index is 2040. The third kappa shape index (κ3) is 5.41. The van der Waals surface area contributed by atoms with E-state index in [-0.39, 0.29) is 6.17 Å². The number of hydrogen-bond acceptors (Lipinski definition) is 4. The summed E-state index contributed by atoms with van der Waals surface area (Å²) in [5.74, 6) is 1.53. The fourth-order valence-electron chi connectivity index (χ4n) is 5.69. The molecule has 0 saturated carbocycles. The van der Waals surface area contributed by atoms with E-state index in [1.165, 1.54) is 5.39 Å². The van der Waals surface area contributed by atoms with Gasteiger partial charge in [-0.15, -0.1) is 0 Å². The maximum Gasteiger partial charge on any atom is 0.159 e. The number of nitrogens with one attached hydrogen (secondary N) is 1. The molecule has 1 unspecified atom stereocenters. The van der Waals surface area contributed by atoms with Gasteiger partial charge in [0.2, 0.25) is 0 Å². The molecule has 1 aliphatic heterocycles. The highest BCUT2D eigenvalue weighted by Crippen LogP contribution is 2.32. The number of hydrogen-bond donors (Lipinski definition) is 2. The molecule has 4 heteroatoms. The highest BCUT2D eigenvalue weighted by atomic mass is 15.2. The van der Waals surface area contributed by atoms with Crippen LogP contribution in [-0.2, 0) is 0 Å². The molecule has 0 aromatic heterocycles. The van der Waals surface area contributed by atoms with Crippen molar-refractivity contribution >= 4 is 34.2 Å². The molecule has 4 nitrogen and oxygen atoms in total. The van der Waals surface area contributed by atoms with Crippen molar-refractivity contribution in [3.05, 3.63) is 168 Å². The van der Waals surface area contributed by atoms with E-state index < -0.39 is 0 Å². The smallest absolute Gasteiger partial charge is 0.159 e. The minimum atomic E-state index is -0.229. The summed E-state index contributed by atoms with van der Waals surface area (Å²) in [5.41, 5.74) is 15.9. The Morgan fingerprint density at radius 1 is 0.614 bits per heavy atom. The van der Waals surface area contributed by atoms with Gasteiger partial charge in [-0.3, -0.25) is 0 Å². The monoisotopic (exact) mass is 568 g/mol. The number of allylic oxidation sites excluding steroid dienone is 1. The van der Waals surface area contributed by atoms with Gasteiger partial charge in [0.25, 0.3) is 0 Å². The number of para-hydroxylation sites is 1. The van der Waals surface area contributed by atoms with Gasteiger partial charge in [0, 0.05) is 22.4 Å². The maximum absolute atomic E-state index is 6.50. The van der Waals surface area contributed by atoms with Crippen LogP contribution in [0.4, 0.5) is 5.69 Å². The lowest BCUT2D eigenvalue weighted by Gasteiger charge is -2.23. The Morgan fingerprint density at radius 2 is 1.27 bits per heavy atom. The molecular formula is C40H32N4. The van der Waals surface area contributed by atoms with Gasteiger partial charge in [-0.1, -0.05) is 140 Å². The first-order valence-corrected chi connectivity index (χ1v) is 14.9. The molecule has 3 N–H and O–H groups in total. The van der Waals surface area contributed by atoms with Crippen LogP contribution in [0.25, 0.3) is 39.1 Å². The van der Waals surface area contributed by atoms with Gasteiger partial charge >= 0.3 is 0 Å². The first-order valence-electron chi connectivity index (χ1n) is 14.9. The summed E-state index contributed by atoms with van der Waals surface area (Å²) in [6.07, 6.45) is 3.83. The second-order valence-corrected chi connectivity index (χ2v) is 10.9. The van der Waals surface area contributed by atoms with Crippen molar-refractivity contribution in [1.82, 2.24) is 5.32 Å². The van der Waals surface area contributed by atoms with E-state index in [1.807, 2.05) is 61.5 Å². The van der Waals surface area contributed by atoms with E-state index in [4.69, 9.17) is 15.7 Å². The highest BCUT2D eigenvalue weighted by molar-refractivity contribution is 6.14. The van der Waals surface area contributed by atoms with Crippen LogP contribution < -0.4 is 11.1 Å². The van der Waals surface area contributed by atoms with Crippen LogP contribution in [-0.4, -0.2) is 11.7 Å². The van der Waals surface area contributed by atoms with E-state index in [0.717, 1.165) is 67.3 Å². The molecule has 0 aliphatic carbocycles. The molecule has 1 atom stereocenters. The number of aliphatic imine (C=N–C) groups is 2. The first-order chi connectivity index (χ1) is 21.7. The number of fused-ring (bicyclic) bond motifs is 1. The molecule has 0 saturated heterocycles. The molecule has 0 amide bonds. The van der Waals surface area contributed by atoms with Gasteiger partial charge in [-0.05, 0) is 57.6 Å². The molecule has 0 fully saturated rings. The third-order valence-electron chi connectivity index (χ3n) is 8.02. The van der Waals surface area contributed by atoms with Crippen molar-refractivity contribution in [2.45, 2.75) is 13.1 Å². The molecule has 6 aromatic rings. The minimum Gasteiger partial charge on any atom is -0.398 e. The number of anilines is 1. The molecule has 7 rings (SSSR count). The molecule has 0 radical (unpaired) electrons. The van der Waals surface area contributed by atoms with Crippen molar-refractivity contribution in [2.24, 2.45) is 9.98 Å². The fraction of sp³-hybridized carbons (Fsp3) is 0.0500. The van der Waals surface area contributed by atoms with Crippen molar-refractivity contribution in [3.63, 3.8) is 0 Å². The highest BCUT2D eigenvalue weighted by Gasteiger charge is 2.21. The van der Waals surface area contributed by atoms with Crippen LogP contribution in [0, 0.1) is 0 Å². The zero-order chi connectivity index (χ0) is 29.9. The van der Waals surface area contributed by atoms with E-state index in [1.54, 1.807) is 0 Å². The standard InChI is InChI=1S/C40H32N4/c1-2-10-30-15-9-16-36(37(30)41)29-21-17-27(18-22-29)33-23-19-28-20-24-34(26-35(28)25-33)40-43-38(31-11-5-3-6-12-31)42-39(44-40)32-13-7-4-8-14-32/h2-26,38H,41H2,1H3,(H,42,43,44)/b10-2-. The molecule has 212 valence electrons.